The van der Waals surface area contributed by atoms with Gasteiger partial charge in [-0.05, 0) is 85.7 Å². The first-order chi connectivity index (χ1) is 21.5. The highest BCUT2D eigenvalue weighted by molar-refractivity contribution is 5.89. The van der Waals surface area contributed by atoms with Crippen molar-refractivity contribution in [1.82, 2.24) is 4.98 Å². The molecule has 6 rings (SSSR count). The molecule has 1 atom stereocenters. The van der Waals surface area contributed by atoms with Gasteiger partial charge in [0.05, 0.1) is 31.2 Å². The van der Waals surface area contributed by atoms with Gasteiger partial charge >= 0.3 is 5.97 Å². The molecular formula is C36H37N3O5. The number of anilines is 2. The summed E-state index contributed by atoms with van der Waals surface area (Å²) >= 11 is 0. The molecule has 8 heteroatoms. The van der Waals surface area contributed by atoms with E-state index in [-0.39, 0.29) is 5.97 Å². The van der Waals surface area contributed by atoms with E-state index >= 15 is 0 Å². The van der Waals surface area contributed by atoms with Gasteiger partial charge in [-0.3, -0.25) is 0 Å². The maximum atomic E-state index is 11.8. The van der Waals surface area contributed by atoms with E-state index in [1.54, 1.807) is 24.4 Å². The van der Waals surface area contributed by atoms with Crippen LogP contribution in [0.2, 0.25) is 0 Å². The summed E-state index contributed by atoms with van der Waals surface area (Å²) in [5.74, 6) is 2.13. The predicted octanol–water partition coefficient (Wildman–Crippen LogP) is 6.91. The number of fused-ring (bicyclic) bond motifs is 1. The van der Waals surface area contributed by atoms with Crippen molar-refractivity contribution in [2.45, 2.75) is 32.4 Å². The van der Waals surface area contributed by atoms with Gasteiger partial charge in [-0.1, -0.05) is 42.5 Å². The molecule has 1 aliphatic rings. The number of hydrogen-bond acceptors (Lipinski definition) is 8. The first kappa shape index (κ1) is 29.3. The van der Waals surface area contributed by atoms with E-state index in [1.165, 1.54) is 18.2 Å². The molecule has 5 aromatic rings. The molecule has 1 aliphatic heterocycles. The molecule has 2 N–H and O–H groups in total. The summed E-state index contributed by atoms with van der Waals surface area (Å²) in [4.78, 5) is 18.7. The third-order valence-electron chi connectivity index (χ3n) is 8.27. The zero-order valence-electron chi connectivity index (χ0n) is 25.0. The summed E-state index contributed by atoms with van der Waals surface area (Å²) in [6.45, 7) is 4.34. The van der Waals surface area contributed by atoms with Crippen molar-refractivity contribution in [3.8, 4) is 5.75 Å². The molecule has 1 fully saturated rings. The molecule has 8 nitrogen and oxygen atoms in total. The fourth-order valence-electron chi connectivity index (χ4n) is 5.74. The lowest BCUT2D eigenvalue weighted by molar-refractivity contribution is 0.0600. The van der Waals surface area contributed by atoms with Crippen LogP contribution in [0.1, 0.15) is 51.9 Å². The van der Waals surface area contributed by atoms with Crippen LogP contribution < -0.4 is 15.0 Å². The summed E-state index contributed by atoms with van der Waals surface area (Å²) in [5, 5.41) is 15.2. The van der Waals surface area contributed by atoms with Crippen LogP contribution in [0.5, 0.6) is 5.75 Å². The van der Waals surface area contributed by atoms with Crippen molar-refractivity contribution >= 4 is 28.4 Å². The van der Waals surface area contributed by atoms with Crippen LogP contribution in [0.4, 0.5) is 11.5 Å². The maximum absolute atomic E-state index is 11.8. The van der Waals surface area contributed by atoms with Crippen LogP contribution in [-0.2, 0) is 11.2 Å². The number of aromatic nitrogens is 1. The number of methoxy groups -OCH3 is 1. The van der Waals surface area contributed by atoms with Crippen molar-refractivity contribution in [3.05, 3.63) is 119 Å². The third kappa shape index (κ3) is 6.71. The van der Waals surface area contributed by atoms with Crippen LogP contribution in [0, 0.1) is 12.8 Å². The number of carbonyl (C=O) groups is 1. The molecule has 2 aromatic heterocycles. The summed E-state index contributed by atoms with van der Waals surface area (Å²) in [6, 6.07) is 27.6. The minimum absolute atomic E-state index is 0.370. The lowest BCUT2D eigenvalue weighted by atomic mass is 9.98. The lowest BCUT2D eigenvalue weighted by Gasteiger charge is -2.32. The second kappa shape index (κ2) is 13.2. The Morgan fingerprint density at radius 1 is 1.02 bits per heavy atom. The third-order valence-corrected chi connectivity index (χ3v) is 8.27. The fourth-order valence-corrected chi connectivity index (χ4v) is 5.74. The topological polar surface area (TPSA) is 97.1 Å². The molecule has 0 saturated carbocycles. The Hall–Kier alpha value is -4.82. The Labute approximate surface area is 257 Å². The van der Waals surface area contributed by atoms with Crippen molar-refractivity contribution in [2.24, 2.45) is 5.92 Å². The van der Waals surface area contributed by atoms with Gasteiger partial charge in [0.25, 0.3) is 0 Å². The van der Waals surface area contributed by atoms with Crippen LogP contribution in [0.15, 0.2) is 95.5 Å². The number of esters is 1. The highest BCUT2D eigenvalue weighted by atomic mass is 16.5. The van der Waals surface area contributed by atoms with Gasteiger partial charge in [-0.2, -0.15) is 0 Å². The number of hydrogen-bond donors (Lipinski definition) is 2. The Balaban J connectivity index is 1.02. The van der Waals surface area contributed by atoms with E-state index in [0.717, 1.165) is 54.7 Å². The standard InChI is InChI=1S/C36H37N3O5/c1-24-31-20-27(19-25-7-4-3-5-8-25)11-13-32(31)44-34(24)35(40)38-29-12-14-33(37-22-29)39-17-15-26(16-18-39)23-43-30-10-6-9-28(21-30)36(41)42-2/h3-14,20-22,26,35,38,40H,15-19,23H2,1-2H3. The Morgan fingerprint density at radius 2 is 1.84 bits per heavy atom. The molecule has 44 heavy (non-hydrogen) atoms. The predicted molar refractivity (Wildman–Crippen MR) is 171 cm³/mol. The largest absolute Gasteiger partial charge is 0.493 e. The highest BCUT2D eigenvalue weighted by Gasteiger charge is 2.22. The summed E-state index contributed by atoms with van der Waals surface area (Å²) in [7, 11) is 1.37. The number of piperidine rings is 1. The number of aliphatic hydroxyl groups is 1. The summed E-state index contributed by atoms with van der Waals surface area (Å²) in [5.41, 5.74) is 5.32. The molecule has 0 amide bonds. The average Bonchev–Trinajstić information content (AvgIpc) is 3.40. The summed E-state index contributed by atoms with van der Waals surface area (Å²) < 4.78 is 16.8. The Kier molecular flexibility index (Phi) is 8.79. The Bertz CT molecular complexity index is 1710. The van der Waals surface area contributed by atoms with Gasteiger partial charge in [0.15, 0.2) is 12.0 Å². The van der Waals surface area contributed by atoms with Gasteiger partial charge < -0.3 is 29.2 Å². The number of furan rings is 1. The van der Waals surface area contributed by atoms with Gasteiger partial charge in [0, 0.05) is 24.0 Å². The molecule has 226 valence electrons. The SMILES string of the molecule is COC(=O)c1cccc(OCC2CCN(c3ccc(NC(O)c4oc5ccc(Cc6ccccc6)cc5c4C)cn3)CC2)c1. The number of nitrogens with zero attached hydrogens (tertiary/aromatic N) is 2. The molecule has 0 spiro atoms. The van der Waals surface area contributed by atoms with Gasteiger partial charge in [0.1, 0.15) is 17.2 Å². The van der Waals surface area contributed by atoms with Gasteiger partial charge in [-0.15, -0.1) is 0 Å². The molecule has 1 saturated heterocycles. The zero-order valence-corrected chi connectivity index (χ0v) is 25.0. The molecule has 3 heterocycles. The van der Waals surface area contributed by atoms with E-state index in [1.807, 2.05) is 37.3 Å². The number of carbonyl (C=O) groups excluding carboxylic acids is 1. The van der Waals surface area contributed by atoms with Crippen molar-refractivity contribution in [2.75, 3.05) is 37.0 Å². The number of ether oxygens (including phenoxy) is 2. The average molecular weight is 592 g/mol. The molecule has 3 aromatic carbocycles. The monoisotopic (exact) mass is 591 g/mol. The highest BCUT2D eigenvalue weighted by Crippen LogP contribution is 2.32. The second-order valence-electron chi connectivity index (χ2n) is 11.3. The van der Waals surface area contributed by atoms with Crippen LogP contribution in [0.3, 0.4) is 0 Å². The number of benzene rings is 3. The van der Waals surface area contributed by atoms with Gasteiger partial charge in [0.2, 0.25) is 0 Å². The minimum Gasteiger partial charge on any atom is -0.493 e. The molecule has 1 unspecified atom stereocenters. The maximum Gasteiger partial charge on any atom is 0.337 e. The van der Waals surface area contributed by atoms with E-state index < -0.39 is 6.23 Å². The number of nitrogens with one attached hydrogen (secondary N) is 1. The van der Waals surface area contributed by atoms with Crippen molar-refractivity contribution in [1.29, 1.82) is 0 Å². The van der Waals surface area contributed by atoms with Crippen LogP contribution in [-0.4, -0.2) is 42.9 Å². The van der Waals surface area contributed by atoms with E-state index in [4.69, 9.17) is 13.9 Å². The van der Waals surface area contributed by atoms with Crippen LogP contribution in [0.25, 0.3) is 11.0 Å². The minimum atomic E-state index is -1.00. The first-order valence-electron chi connectivity index (χ1n) is 15.0. The number of rotatable bonds is 10. The van der Waals surface area contributed by atoms with Crippen molar-refractivity contribution in [3.63, 3.8) is 0 Å². The summed E-state index contributed by atoms with van der Waals surface area (Å²) in [6.07, 6.45) is 3.55. The molecular weight excluding hydrogens is 554 g/mol. The zero-order chi connectivity index (χ0) is 30.5. The quantitative estimate of drug-likeness (QED) is 0.134. The van der Waals surface area contributed by atoms with E-state index in [9.17, 15) is 9.90 Å². The second-order valence-corrected chi connectivity index (χ2v) is 11.3. The first-order valence-corrected chi connectivity index (χ1v) is 15.0. The van der Waals surface area contributed by atoms with E-state index in [0.29, 0.717) is 35.3 Å². The number of pyridine rings is 1. The molecule has 0 radical (unpaired) electrons. The smallest absolute Gasteiger partial charge is 0.337 e. The Morgan fingerprint density at radius 3 is 2.59 bits per heavy atom. The molecule has 0 bridgehead atoms. The number of aliphatic hydroxyl groups excluding tert-OH is 1. The normalized spacial score (nSPS) is 14.4. The fraction of sp³-hybridized carbons (Fsp3) is 0.278. The number of aryl methyl sites for hydroxylation is 1. The van der Waals surface area contributed by atoms with Gasteiger partial charge in [-0.25, -0.2) is 9.78 Å². The lowest BCUT2D eigenvalue weighted by Crippen LogP contribution is -2.36. The molecule has 0 aliphatic carbocycles. The van der Waals surface area contributed by atoms with Crippen molar-refractivity contribution < 1.29 is 23.8 Å². The van der Waals surface area contributed by atoms with Crippen LogP contribution >= 0.6 is 0 Å². The van der Waals surface area contributed by atoms with E-state index in [2.05, 4.69) is 51.6 Å².